The minimum Gasteiger partial charge on any atom is -0.379 e. The third kappa shape index (κ3) is 2.61. The Morgan fingerprint density at radius 1 is 1.32 bits per heavy atom. The SMILES string of the molecule is O=C1CNC(c2ccc(Cl)cc2)N1C1CCCOC1. The van der Waals surface area contributed by atoms with Crippen molar-refractivity contribution in [1.29, 1.82) is 0 Å². The van der Waals surface area contributed by atoms with Crippen molar-refractivity contribution < 1.29 is 9.53 Å². The molecule has 2 aliphatic rings. The van der Waals surface area contributed by atoms with Gasteiger partial charge in [0.2, 0.25) is 5.91 Å². The number of hydrogen-bond donors (Lipinski definition) is 1. The predicted molar refractivity (Wildman–Crippen MR) is 72.9 cm³/mol. The Hall–Kier alpha value is -1.10. The van der Waals surface area contributed by atoms with Crippen LogP contribution in [0.5, 0.6) is 0 Å². The Labute approximate surface area is 117 Å². The third-order valence-corrected chi connectivity index (χ3v) is 3.98. The van der Waals surface area contributed by atoms with E-state index in [2.05, 4.69) is 5.32 Å². The largest absolute Gasteiger partial charge is 0.379 e. The first-order chi connectivity index (χ1) is 9.25. The minimum absolute atomic E-state index is 0.0588. The van der Waals surface area contributed by atoms with Crippen molar-refractivity contribution in [2.24, 2.45) is 0 Å². The van der Waals surface area contributed by atoms with Crippen LogP contribution in [0.15, 0.2) is 24.3 Å². The van der Waals surface area contributed by atoms with E-state index in [1.54, 1.807) is 0 Å². The molecule has 3 rings (SSSR count). The highest BCUT2D eigenvalue weighted by molar-refractivity contribution is 6.30. The first-order valence-corrected chi connectivity index (χ1v) is 7.01. The number of hydrogen-bond acceptors (Lipinski definition) is 3. The highest BCUT2D eigenvalue weighted by Gasteiger charge is 2.37. The smallest absolute Gasteiger partial charge is 0.238 e. The van der Waals surface area contributed by atoms with Gasteiger partial charge in [-0.2, -0.15) is 0 Å². The summed E-state index contributed by atoms with van der Waals surface area (Å²) in [5.74, 6) is 0.149. The van der Waals surface area contributed by atoms with Crippen LogP contribution in [0.25, 0.3) is 0 Å². The average Bonchev–Trinajstić information content (AvgIpc) is 2.82. The molecule has 2 aliphatic heterocycles. The van der Waals surface area contributed by atoms with E-state index in [1.165, 1.54) is 0 Å². The van der Waals surface area contributed by atoms with Gasteiger partial charge < -0.3 is 9.64 Å². The second kappa shape index (κ2) is 5.49. The summed E-state index contributed by atoms with van der Waals surface area (Å²) in [6.07, 6.45) is 1.97. The average molecular weight is 281 g/mol. The van der Waals surface area contributed by atoms with Crippen molar-refractivity contribution in [2.45, 2.75) is 25.0 Å². The maximum atomic E-state index is 12.1. The minimum atomic E-state index is -0.0588. The molecule has 1 N–H and O–H groups in total. The molecule has 2 fully saturated rings. The molecule has 102 valence electrons. The zero-order valence-electron chi connectivity index (χ0n) is 10.6. The monoisotopic (exact) mass is 280 g/mol. The molecular weight excluding hydrogens is 264 g/mol. The lowest BCUT2D eigenvalue weighted by Crippen LogP contribution is -2.44. The molecule has 1 amide bonds. The first-order valence-electron chi connectivity index (χ1n) is 6.63. The highest BCUT2D eigenvalue weighted by atomic mass is 35.5. The summed E-state index contributed by atoms with van der Waals surface area (Å²) in [5.41, 5.74) is 1.07. The molecule has 0 aliphatic carbocycles. The lowest BCUT2D eigenvalue weighted by molar-refractivity contribution is -0.133. The number of benzene rings is 1. The van der Waals surface area contributed by atoms with Gasteiger partial charge >= 0.3 is 0 Å². The van der Waals surface area contributed by atoms with Crippen molar-refractivity contribution in [3.05, 3.63) is 34.9 Å². The zero-order valence-corrected chi connectivity index (χ0v) is 11.4. The molecule has 2 heterocycles. The Morgan fingerprint density at radius 3 is 2.79 bits per heavy atom. The molecule has 0 bridgehead atoms. The van der Waals surface area contributed by atoms with Crippen LogP contribution in [0, 0.1) is 0 Å². The fourth-order valence-corrected chi connectivity index (χ4v) is 2.92. The second-order valence-corrected chi connectivity index (χ2v) is 5.44. The van der Waals surface area contributed by atoms with E-state index >= 15 is 0 Å². The van der Waals surface area contributed by atoms with Crippen LogP contribution in [0.4, 0.5) is 0 Å². The summed E-state index contributed by atoms with van der Waals surface area (Å²) in [5, 5.41) is 3.98. The molecule has 0 saturated carbocycles. The summed E-state index contributed by atoms with van der Waals surface area (Å²) in [6.45, 7) is 1.83. The zero-order chi connectivity index (χ0) is 13.2. The number of halogens is 1. The Bertz CT molecular complexity index is 457. The van der Waals surface area contributed by atoms with Crippen molar-refractivity contribution in [3.8, 4) is 0 Å². The molecule has 2 saturated heterocycles. The molecule has 5 heteroatoms. The fraction of sp³-hybridized carbons (Fsp3) is 0.500. The number of rotatable bonds is 2. The number of ether oxygens (including phenoxy) is 1. The lowest BCUT2D eigenvalue weighted by Gasteiger charge is -2.35. The number of amides is 1. The van der Waals surface area contributed by atoms with Gasteiger partial charge in [0.25, 0.3) is 0 Å². The van der Waals surface area contributed by atoms with Crippen LogP contribution in [0.1, 0.15) is 24.6 Å². The molecule has 4 nitrogen and oxygen atoms in total. The summed E-state index contributed by atoms with van der Waals surface area (Å²) in [4.78, 5) is 14.0. The summed E-state index contributed by atoms with van der Waals surface area (Å²) >= 11 is 5.91. The Balaban J connectivity index is 1.83. The van der Waals surface area contributed by atoms with E-state index in [1.807, 2.05) is 29.2 Å². The van der Waals surface area contributed by atoms with Gasteiger partial charge in [0.1, 0.15) is 6.17 Å². The molecule has 1 aromatic carbocycles. The van der Waals surface area contributed by atoms with E-state index < -0.39 is 0 Å². The summed E-state index contributed by atoms with van der Waals surface area (Å²) < 4.78 is 5.50. The van der Waals surface area contributed by atoms with Crippen LogP contribution in [-0.2, 0) is 9.53 Å². The quantitative estimate of drug-likeness (QED) is 0.900. The van der Waals surface area contributed by atoms with Crippen LogP contribution in [0.2, 0.25) is 5.02 Å². The standard InChI is InChI=1S/C14H17ClN2O2/c15-11-5-3-10(4-6-11)14-16-8-13(18)17(14)12-2-1-7-19-9-12/h3-6,12,14,16H,1-2,7-9H2. The van der Waals surface area contributed by atoms with Crippen molar-refractivity contribution in [3.63, 3.8) is 0 Å². The third-order valence-electron chi connectivity index (χ3n) is 3.73. The molecule has 2 unspecified atom stereocenters. The summed E-state index contributed by atoms with van der Waals surface area (Å²) in [7, 11) is 0. The van der Waals surface area contributed by atoms with Gasteiger partial charge in [0, 0.05) is 11.6 Å². The summed E-state index contributed by atoms with van der Waals surface area (Å²) in [6, 6.07) is 7.83. The molecule has 0 aromatic heterocycles. The van der Waals surface area contributed by atoms with Gasteiger partial charge in [-0.05, 0) is 30.5 Å². The maximum Gasteiger partial charge on any atom is 0.238 e. The van der Waals surface area contributed by atoms with Gasteiger partial charge in [0.05, 0.1) is 19.2 Å². The normalized spacial score (nSPS) is 27.8. The van der Waals surface area contributed by atoms with E-state index in [4.69, 9.17) is 16.3 Å². The van der Waals surface area contributed by atoms with Crippen LogP contribution >= 0.6 is 11.6 Å². The number of carbonyl (C=O) groups is 1. The van der Waals surface area contributed by atoms with E-state index in [0.29, 0.717) is 18.2 Å². The molecule has 1 aromatic rings. The van der Waals surface area contributed by atoms with Crippen molar-refractivity contribution in [2.75, 3.05) is 19.8 Å². The van der Waals surface area contributed by atoms with E-state index in [0.717, 1.165) is 25.0 Å². The highest BCUT2D eigenvalue weighted by Crippen LogP contribution is 2.28. The predicted octanol–water partition coefficient (Wildman–Crippen LogP) is 1.95. The number of nitrogens with zero attached hydrogens (tertiary/aromatic N) is 1. The fourth-order valence-electron chi connectivity index (χ4n) is 2.80. The van der Waals surface area contributed by atoms with Crippen molar-refractivity contribution in [1.82, 2.24) is 10.2 Å². The van der Waals surface area contributed by atoms with E-state index in [-0.39, 0.29) is 18.1 Å². The molecular formula is C14H17ClN2O2. The van der Waals surface area contributed by atoms with Gasteiger partial charge in [-0.15, -0.1) is 0 Å². The van der Waals surface area contributed by atoms with Crippen molar-refractivity contribution >= 4 is 17.5 Å². The van der Waals surface area contributed by atoms with Crippen LogP contribution < -0.4 is 5.32 Å². The van der Waals surface area contributed by atoms with E-state index in [9.17, 15) is 4.79 Å². The number of carbonyl (C=O) groups excluding carboxylic acids is 1. The molecule has 2 atom stereocenters. The van der Waals surface area contributed by atoms with Crippen LogP contribution in [-0.4, -0.2) is 36.6 Å². The van der Waals surface area contributed by atoms with Gasteiger partial charge in [-0.1, -0.05) is 23.7 Å². The van der Waals surface area contributed by atoms with Gasteiger partial charge in [0.15, 0.2) is 0 Å². The molecule has 0 radical (unpaired) electrons. The number of nitrogens with one attached hydrogen (secondary N) is 1. The Morgan fingerprint density at radius 2 is 2.11 bits per heavy atom. The second-order valence-electron chi connectivity index (χ2n) is 5.01. The lowest BCUT2D eigenvalue weighted by atomic mass is 10.1. The first kappa shape index (κ1) is 12.9. The van der Waals surface area contributed by atoms with Gasteiger partial charge in [-0.25, -0.2) is 0 Å². The maximum absolute atomic E-state index is 12.1. The Kier molecular flexibility index (Phi) is 3.73. The van der Waals surface area contributed by atoms with Gasteiger partial charge in [-0.3, -0.25) is 10.1 Å². The van der Waals surface area contributed by atoms with Crippen LogP contribution in [0.3, 0.4) is 0 Å². The topological polar surface area (TPSA) is 41.6 Å². The molecule has 0 spiro atoms. The molecule has 19 heavy (non-hydrogen) atoms.